The average Bonchev–Trinajstić information content (AvgIpc) is 2.90. The van der Waals surface area contributed by atoms with Crippen LogP contribution in [0, 0.1) is 0 Å². The van der Waals surface area contributed by atoms with Crippen molar-refractivity contribution in [2.24, 2.45) is 0 Å². The molecule has 0 aliphatic carbocycles. The van der Waals surface area contributed by atoms with Gasteiger partial charge in [0, 0.05) is 16.8 Å². The Morgan fingerprint density at radius 2 is 1.77 bits per heavy atom. The smallest absolute Gasteiger partial charge is 0.261 e. The molecule has 2 N–H and O–H groups in total. The van der Waals surface area contributed by atoms with Crippen LogP contribution in [-0.4, -0.2) is 38.1 Å². The van der Waals surface area contributed by atoms with Gasteiger partial charge in [0.2, 0.25) is 0 Å². The number of hydrogen-bond donors (Lipinski definition) is 2. The molecule has 1 aliphatic heterocycles. The van der Waals surface area contributed by atoms with Crippen molar-refractivity contribution in [2.75, 3.05) is 26.6 Å². The highest BCUT2D eigenvalue weighted by Gasteiger charge is 2.47. The van der Waals surface area contributed by atoms with Gasteiger partial charge in [-0.3, -0.25) is 9.59 Å². The lowest BCUT2D eigenvalue weighted by Crippen LogP contribution is -2.36. The summed E-state index contributed by atoms with van der Waals surface area (Å²) in [5.41, 5.74) is -0.886. The van der Waals surface area contributed by atoms with Gasteiger partial charge in [-0.15, -0.1) is 0 Å². The fourth-order valence-electron chi connectivity index (χ4n) is 2.97. The van der Waals surface area contributed by atoms with Gasteiger partial charge < -0.3 is 24.6 Å². The average molecular weight is 357 g/mol. The quantitative estimate of drug-likeness (QED) is 0.769. The fourth-order valence-corrected chi connectivity index (χ4v) is 2.97. The molecule has 26 heavy (non-hydrogen) atoms. The summed E-state index contributed by atoms with van der Waals surface area (Å²) in [5, 5.41) is 13.5. The molecule has 7 nitrogen and oxygen atoms in total. The molecule has 3 rings (SSSR count). The van der Waals surface area contributed by atoms with Crippen molar-refractivity contribution < 1.29 is 28.9 Å². The van der Waals surface area contributed by atoms with E-state index in [-0.39, 0.29) is 0 Å². The Balaban J connectivity index is 1.93. The van der Waals surface area contributed by atoms with Gasteiger partial charge in [-0.25, -0.2) is 0 Å². The van der Waals surface area contributed by atoms with E-state index in [0.29, 0.717) is 34.1 Å². The molecule has 0 aromatic heterocycles. The molecule has 0 saturated heterocycles. The molecule has 1 amide bonds. The number of aliphatic hydroxyl groups is 1. The van der Waals surface area contributed by atoms with Crippen LogP contribution in [0.3, 0.4) is 0 Å². The predicted molar refractivity (Wildman–Crippen MR) is 94.0 cm³/mol. The highest BCUT2D eigenvalue weighted by Crippen LogP contribution is 2.41. The third-order valence-electron chi connectivity index (χ3n) is 4.42. The Hall–Kier alpha value is -3.06. The third kappa shape index (κ3) is 2.86. The molecular formula is C19H19NO6. The van der Waals surface area contributed by atoms with Gasteiger partial charge in [-0.1, -0.05) is 0 Å². The number of carbonyl (C=O) groups is 2. The molecule has 1 aliphatic rings. The number of methoxy groups -OCH3 is 3. The first-order valence-electron chi connectivity index (χ1n) is 7.90. The zero-order valence-corrected chi connectivity index (χ0v) is 14.7. The van der Waals surface area contributed by atoms with Crippen LogP contribution in [0.4, 0.5) is 5.69 Å². The largest absolute Gasteiger partial charge is 0.497 e. The first-order chi connectivity index (χ1) is 12.4. The van der Waals surface area contributed by atoms with E-state index in [1.807, 2.05) is 0 Å². The number of nitrogens with one attached hydrogen (secondary N) is 1. The summed E-state index contributed by atoms with van der Waals surface area (Å²) < 4.78 is 15.5. The lowest BCUT2D eigenvalue weighted by molar-refractivity contribution is -0.133. The van der Waals surface area contributed by atoms with E-state index in [4.69, 9.17) is 14.2 Å². The first-order valence-corrected chi connectivity index (χ1v) is 7.90. The molecule has 1 unspecified atom stereocenters. The van der Waals surface area contributed by atoms with E-state index in [0.717, 1.165) is 0 Å². The summed E-state index contributed by atoms with van der Waals surface area (Å²) >= 11 is 0. The van der Waals surface area contributed by atoms with Crippen LogP contribution >= 0.6 is 0 Å². The molecule has 0 saturated carbocycles. The number of ether oxygens (including phenoxy) is 3. The van der Waals surface area contributed by atoms with Crippen molar-refractivity contribution in [3.8, 4) is 17.2 Å². The van der Waals surface area contributed by atoms with Gasteiger partial charge in [-0.05, 0) is 36.4 Å². The van der Waals surface area contributed by atoms with Crippen LogP contribution < -0.4 is 19.5 Å². The number of hydrogen-bond acceptors (Lipinski definition) is 6. The van der Waals surface area contributed by atoms with Crippen molar-refractivity contribution in [1.29, 1.82) is 0 Å². The van der Waals surface area contributed by atoms with E-state index in [1.165, 1.54) is 27.4 Å². The van der Waals surface area contributed by atoms with E-state index in [1.54, 1.807) is 30.3 Å². The van der Waals surface area contributed by atoms with Crippen LogP contribution in [-0.2, 0) is 10.4 Å². The molecule has 1 atom stereocenters. The maximum absolute atomic E-state index is 12.7. The SMILES string of the molecule is COc1ccc2c(c1)C(O)(CC(=O)c1ccc(OC)c(OC)c1)C(=O)N2. The van der Waals surface area contributed by atoms with E-state index >= 15 is 0 Å². The van der Waals surface area contributed by atoms with Crippen molar-refractivity contribution >= 4 is 17.4 Å². The first kappa shape index (κ1) is 17.8. The summed E-state index contributed by atoms with van der Waals surface area (Å²) in [4.78, 5) is 25.1. The summed E-state index contributed by atoms with van der Waals surface area (Å²) in [6.45, 7) is 0. The van der Waals surface area contributed by atoms with Crippen molar-refractivity contribution in [1.82, 2.24) is 0 Å². The minimum absolute atomic E-state index is 0.306. The number of rotatable bonds is 6. The Morgan fingerprint density at radius 1 is 1.04 bits per heavy atom. The van der Waals surface area contributed by atoms with Gasteiger partial charge >= 0.3 is 0 Å². The molecule has 7 heteroatoms. The van der Waals surface area contributed by atoms with Crippen LogP contribution in [0.1, 0.15) is 22.3 Å². The number of carbonyl (C=O) groups excluding carboxylic acids is 2. The van der Waals surface area contributed by atoms with Gasteiger partial charge in [0.15, 0.2) is 22.9 Å². The lowest BCUT2D eigenvalue weighted by atomic mass is 9.88. The molecule has 0 fully saturated rings. The molecule has 0 spiro atoms. The molecule has 136 valence electrons. The predicted octanol–water partition coefficient (Wildman–Crippen LogP) is 2.13. The monoisotopic (exact) mass is 357 g/mol. The van der Waals surface area contributed by atoms with Gasteiger partial charge in [0.1, 0.15) is 5.75 Å². The Labute approximate surface area is 150 Å². The van der Waals surface area contributed by atoms with E-state index < -0.39 is 23.7 Å². The number of fused-ring (bicyclic) bond motifs is 1. The lowest BCUT2D eigenvalue weighted by Gasteiger charge is -2.20. The van der Waals surface area contributed by atoms with Gasteiger partial charge in [0.05, 0.1) is 27.8 Å². The minimum Gasteiger partial charge on any atom is -0.497 e. The van der Waals surface area contributed by atoms with Crippen molar-refractivity contribution in [3.05, 3.63) is 47.5 Å². The molecular weight excluding hydrogens is 338 g/mol. The van der Waals surface area contributed by atoms with Crippen LogP contribution in [0.15, 0.2) is 36.4 Å². The van der Waals surface area contributed by atoms with E-state index in [2.05, 4.69) is 5.32 Å². The highest BCUT2D eigenvalue weighted by atomic mass is 16.5. The van der Waals surface area contributed by atoms with Crippen LogP contribution in [0.2, 0.25) is 0 Å². The molecule has 0 bridgehead atoms. The zero-order valence-electron chi connectivity index (χ0n) is 14.7. The van der Waals surface area contributed by atoms with Gasteiger partial charge in [-0.2, -0.15) is 0 Å². The third-order valence-corrected chi connectivity index (χ3v) is 4.42. The Bertz CT molecular complexity index is 878. The summed E-state index contributed by atoms with van der Waals surface area (Å²) in [6.07, 6.45) is -0.408. The highest BCUT2D eigenvalue weighted by molar-refractivity contribution is 6.09. The number of benzene rings is 2. The molecule has 2 aromatic rings. The number of anilines is 1. The molecule has 2 aromatic carbocycles. The number of amides is 1. The standard InChI is InChI=1S/C19H19NO6/c1-24-12-5-6-14-13(9-12)19(23,18(22)20-14)10-15(21)11-4-7-16(25-2)17(8-11)26-3/h4-9,23H,10H2,1-3H3,(H,20,22). The Morgan fingerprint density at radius 3 is 2.42 bits per heavy atom. The minimum atomic E-state index is -1.96. The molecule has 1 heterocycles. The van der Waals surface area contributed by atoms with E-state index in [9.17, 15) is 14.7 Å². The topological polar surface area (TPSA) is 94.1 Å². The van der Waals surface area contributed by atoms with Gasteiger partial charge in [0.25, 0.3) is 5.91 Å². The zero-order chi connectivity index (χ0) is 18.9. The second-order valence-electron chi connectivity index (χ2n) is 5.90. The maximum atomic E-state index is 12.7. The molecule has 0 radical (unpaired) electrons. The number of Topliss-reactive ketones (excluding diaryl/α,β-unsaturated/α-hetero) is 1. The summed E-state index contributed by atoms with van der Waals surface area (Å²) in [7, 11) is 4.45. The summed E-state index contributed by atoms with van der Waals surface area (Å²) in [5.74, 6) is 0.311. The second kappa shape index (κ2) is 6.68. The Kier molecular flexibility index (Phi) is 4.56. The fraction of sp³-hybridized carbons (Fsp3) is 0.263. The summed E-state index contributed by atoms with van der Waals surface area (Å²) in [6, 6.07) is 9.53. The van der Waals surface area contributed by atoms with Crippen LogP contribution in [0.25, 0.3) is 0 Å². The van der Waals surface area contributed by atoms with Crippen LogP contribution in [0.5, 0.6) is 17.2 Å². The second-order valence-corrected chi connectivity index (χ2v) is 5.90. The van der Waals surface area contributed by atoms with Crippen molar-refractivity contribution in [2.45, 2.75) is 12.0 Å². The normalized spacial score (nSPS) is 18.1. The maximum Gasteiger partial charge on any atom is 0.261 e. The van der Waals surface area contributed by atoms with Crippen molar-refractivity contribution in [3.63, 3.8) is 0 Å². The number of ketones is 1.